The molecule has 118 valence electrons. The lowest BCUT2D eigenvalue weighted by atomic mass is 9.95. The summed E-state index contributed by atoms with van der Waals surface area (Å²) in [5.74, 6) is 1.01. The van der Waals surface area contributed by atoms with E-state index in [1.807, 2.05) is 18.2 Å². The van der Waals surface area contributed by atoms with Gasteiger partial charge in [-0.05, 0) is 36.8 Å². The quantitative estimate of drug-likeness (QED) is 0.716. The summed E-state index contributed by atoms with van der Waals surface area (Å²) in [7, 11) is 0. The molecule has 0 aliphatic rings. The van der Waals surface area contributed by atoms with E-state index in [4.69, 9.17) is 4.42 Å². The first-order valence-electron chi connectivity index (χ1n) is 7.62. The number of aliphatic hydroxyl groups is 2. The zero-order chi connectivity index (χ0) is 15.9. The molecule has 0 spiro atoms. The van der Waals surface area contributed by atoms with Crippen LogP contribution >= 0.6 is 0 Å². The van der Waals surface area contributed by atoms with E-state index < -0.39 is 12.2 Å². The van der Waals surface area contributed by atoms with Crippen molar-refractivity contribution in [3.05, 3.63) is 48.0 Å². The summed E-state index contributed by atoms with van der Waals surface area (Å²) in [6.07, 6.45) is 8.66. The predicted octanol–water partition coefficient (Wildman–Crippen LogP) is 4.70. The maximum Gasteiger partial charge on any atom is 0.133 e. The Kier molecular flexibility index (Phi) is 6.93. The average Bonchev–Trinajstić information content (AvgIpc) is 2.87. The Morgan fingerprint density at radius 2 is 1.52 bits per heavy atom. The Morgan fingerprint density at radius 1 is 1.00 bits per heavy atom. The number of hydrogen-bond acceptors (Lipinski definition) is 3. The molecule has 0 radical (unpaired) electrons. The van der Waals surface area contributed by atoms with Gasteiger partial charge in [0.05, 0.1) is 0 Å². The fourth-order valence-corrected chi connectivity index (χ4v) is 1.90. The van der Waals surface area contributed by atoms with Crippen LogP contribution in [-0.4, -0.2) is 10.2 Å². The van der Waals surface area contributed by atoms with Gasteiger partial charge in [0, 0.05) is 0 Å². The van der Waals surface area contributed by atoms with E-state index >= 15 is 0 Å². The second-order valence-corrected chi connectivity index (χ2v) is 6.39. The number of furan rings is 1. The summed E-state index contributed by atoms with van der Waals surface area (Å²) in [4.78, 5) is 0. The molecule has 0 aromatic carbocycles. The first-order valence-corrected chi connectivity index (χ1v) is 7.62. The highest BCUT2D eigenvalue weighted by atomic mass is 16.4. The van der Waals surface area contributed by atoms with Crippen LogP contribution in [0.2, 0.25) is 0 Å². The minimum absolute atomic E-state index is 0.107. The lowest BCUT2D eigenvalue weighted by molar-refractivity contribution is 0.124. The molecule has 1 rings (SSSR count). The standard InChI is InChI=1S/C18H28O3/c1-5-6-7-9-14(19)16-11-12-17(21-16)15(20)10-8-13-18(2,3)4/h6-8,11-15,19-20H,5,9-10H2,1-4H3/b7-6+,13-8+. The zero-order valence-electron chi connectivity index (χ0n) is 13.5. The third-order valence-corrected chi connectivity index (χ3v) is 3.04. The van der Waals surface area contributed by atoms with Crippen LogP contribution in [0.1, 0.15) is 70.7 Å². The van der Waals surface area contributed by atoms with Gasteiger partial charge in [-0.2, -0.15) is 0 Å². The molecule has 0 aliphatic heterocycles. The van der Waals surface area contributed by atoms with Gasteiger partial charge in [0.2, 0.25) is 0 Å². The van der Waals surface area contributed by atoms with Gasteiger partial charge in [0.25, 0.3) is 0 Å². The molecule has 0 amide bonds. The summed E-state index contributed by atoms with van der Waals surface area (Å²) in [6, 6.07) is 3.47. The van der Waals surface area contributed by atoms with Crippen molar-refractivity contribution in [2.75, 3.05) is 0 Å². The summed E-state index contributed by atoms with van der Waals surface area (Å²) in [5, 5.41) is 20.1. The molecular formula is C18H28O3. The molecular weight excluding hydrogens is 264 g/mol. The van der Waals surface area contributed by atoms with Crippen molar-refractivity contribution in [1.82, 2.24) is 0 Å². The third-order valence-electron chi connectivity index (χ3n) is 3.04. The van der Waals surface area contributed by atoms with Gasteiger partial charge < -0.3 is 14.6 Å². The van der Waals surface area contributed by atoms with Crippen LogP contribution in [0.15, 0.2) is 40.9 Å². The van der Waals surface area contributed by atoms with Crippen molar-refractivity contribution in [2.24, 2.45) is 5.41 Å². The van der Waals surface area contributed by atoms with Gasteiger partial charge in [-0.15, -0.1) is 0 Å². The number of hydrogen-bond donors (Lipinski definition) is 2. The molecule has 1 aromatic rings. The van der Waals surface area contributed by atoms with E-state index in [0.717, 1.165) is 6.42 Å². The molecule has 0 saturated carbocycles. The Bertz CT molecular complexity index is 463. The predicted molar refractivity (Wildman–Crippen MR) is 85.9 cm³/mol. The van der Waals surface area contributed by atoms with Gasteiger partial charge in [0.1, 0.15) is 23.7 Å². The fraction of sp³-hybridized carbons (Fsp3) is 0.556. The third kappa shape index (κ3) is 6.78. The highest BCUT2D eigenvalue weighted by Gasteiger charge is 2.15. The average molecular weight is 292 g/mol. The van der Waals surface area contributed by atoms with E-state index in [-0.39, 0.29) is 5.41 Å². The van der Waals surface area contributed by atoms with Crippen molar-refractivity contribution in [2.45, 2.75) is 59.2 Å². The first-order chi connectivity index (χ1) is 9.83. The molecule has 2 N–H and O–H groups in total. The monoisotopic (exact) mass is 292 g/mol. The smallest absolute Gasteiger partial charge is 0.133 e. The van der Waals surface area contributed by atoms with Crippen molar-refractivity contribution >= 4 is 0 Å². The molecule has 1 heterocycles. The summed E-state index contributed by atoms with van der Waals surface area (Å²) in [6.45, 7) is 8.39. The summed E-state index contributed by atoms with van der Waals surface area (Å²) < 4.78 is 5.55. The van der Waals surface area contributed by atoms with Gasteiger partial charge in [-0.25, -0.2) is 0 Å². The van der Waals surface area contributed by atoms with Crippen LogP contribution in [0.4, 0.5) is 0 Å². The first kappa shape index (κ1) is 17.7. The lowest BCUT2D eigenvalue weighted by Crippen LogP contribution is -2.00. The molecule has 0 fully saturated rings. The molecule has 0 bridgehead atoms. The van der Waals surface area contributed by atoms with Gasteiger partial charge >= 0.3 is 0 Å². The Hall–Kier alpha value is -1.32. The van der Waals surface area contributed by atoms with E-state index in [1.165, 1.54) is 0 Å². The normalized spacial score (nSPS) is 15.9. The Labute approximate surface area is 128 Å². The van der Waals surface area contributed by atoms with Gasteiger partial charge in [-0.3, -0.25) is 0 Å². The maximum absolute atomic E-state index is 10.1. The number of rotatable bonds is 7. The highest BCUT2D eigenvalue weighted by Crippen LogP contribution is 2.26. The SMILES string of the molecule is CC/C=C/CC(O)c1ccc(C(O)C/C=C/C(C)(C)C)o1. The lowest BCUT2D eigenvalue weighted by Gasteiger charge is -2.12. The van der Waals surface area contributed by atoms with E-state index in [9.17, 15) is 10.2 Å². The molecule has 0 saturated heterocycles. The Balaban J connectivity index is 2.57. The molecule has 21 heavy (non-hydrogen) atoms. The second-order valence-electron chi connectivity index (χ2n) is 6.39. The summed E-state index contributed by atoms with van der Waals surface area (Å²) in [5.41, 5.74) is 0.107. The minimum atomic E-state index is -0.671. The summed E-state index contributed by atoms with van der Waals surface area (Å²) >= 11 is 0. The second kappa shape index (κ2) is 8.20. The van der Waals surface area contributed by atoms with Crippen molar-refractivity contribution in [1.29, 1.82) is 0 Å². The molecule has 3 heteroatoms. The highest BCUT2D eigenvalue weighted by molar-refractivity contribution is 5.13. The van der Waals surface area contributed by atoms with E-state index in [1.54, 1.807) is 12.1 Å². The molecule has 1 aromatic heterocycles. The van der Waals surface area contributed by atoms with Crippen molar-refractivity contribution in [3.63, 3.8) is 0 Å². The topological polar surface area (TPSA) is 53.6 Å². The van der Waals surface area contributed by atoms with Crippen LogP contribution in [0.5, 0.6) is 0 Å². The van der Waals surface area contributed by atoms with E-state index in [0.29, 0.717) is 24.4 Å². The maximum atomic E-state index is 10.1. The van der Waals surface area contributed by atoms with Crippen LogP contribution in [0.25, 0.3) is 0 Å². The van der Waals surface area contributed by atoms with Crippen LogP contribution < -0.4 is 0 Å². The van der Waals surface area contributed by atoms with Crippen LogP contribution in [0.3, 0.4) is 0 Å². The number of allylic oxidation sites excluding steroid dienone is 2. The molecule has 0 aliphatic carbocycles. The number of aliphatic hydroxyl groups excluding tert-OH is 2. The minimum Gasteiger partial charge on any atom is -0.461 e. The van der Waals surface area contributed by atoms with Crippen molar-refractivity contribution in [3.8, 4) is 0 Å². The van der Waals surface area contributed by atoms with Gasteiger partial charge in [-0.1, -0.05) is 52.0 Å². The zero-order valence-corrected chi connectivity index (χ0v) is 13.5. The van der Waals surface area contributed by atoms with Gasteiger partial charge in [0.15, 0.2) is 0 Å². The Morgan fingerprint density at radius 3 is 2.00 bits per heavy atom. The molecule has 2 atom stereocenters. The largest absolute Gasteiger partial charge is 0.461 e. The molecule has 2 unspecified atom stereocenters. The fourth-order valence-electron chi connectivity index (χ4n) is 1.90. The van der Waals surface area contributed by atoms with Crippen molar-refractivity contribution < 1.29 is 14.6 Å². The van der Waals surface area contributed by atoms with E-state index in [2.05, 4.69) is 33.8 Å². The van der Waals surface area contributed by atoms with Crippen LogP contribution in [0, 0.1) is 5.41 Å². The molecule has 3 nitrogen and oxygen atoms in total. The van der Waals surface area contributed by atoms with Crippen LogP contribution in [-0.2, 0) is 0 Å².